The van der Waals surface area contributed by atoms with Crippen molar-refractivity contribution in [2.45, 2.75) is 13.5 Å². The number of nitrogens with two attached hydrogens (primary N) is 1. The van der Waals surface area contributed by atoms with Crippen LogP contribution in [0, 0.1) is 0 Å². The summed E-state index contributed by atoms with van der Waals surface area (Å²) in [5, 5.41) is 0. The van der Waals surface area contributed by atoms with Gasteiger partial charge in [0.1, 0.15) is 0 Å². The van der Waals surface area contributed by atoms with E-state index < -0.39 is 0 Å². The van der Waals surface area contributed by atoms with Gasteiger partial charge in [-0.25, -0.2) is 4.98 Å². The van der Waals surface area contributed by atoms with Gasteiger partial charge in [-0.3, -0.25) is 9.78 Å². The molecule has 2 heterocycles. The molecule has 7 nitrogen and oxygen atoms in total. The van der Waals surface area contributed by atoms with Gasteiger partial charge in [0.05, 0.1) is 12.9 Å². The van der Waals surface area contributed by atoms with Crippen LogP contribution in [-0.2, 0) is 11.3 Å². The van der Waals surface area contributed by atoms with Crippen molar-refractivity contribution < 1.29 is 4.74 Å². The number of nitrogens with zero attached hydrogens (tertiary/aromatic N) is 3. The highest BCUT2D eigenvalue weighted by molar-refractivity contribution is 5.70. The zero-order valence-electron chi connectivity index (χ0n) is 8.93. The second kappa shape index (κ2) is 4.31. The van der Waals surface area contributed by atoms with Crippen molar-refractivity contribution in [3.63, 3.8) is 0 Å². The average molecular weight is 223 g/mol. The van der Waals surface area contributed by atoms with E-state index in [1.54, 1.807) is 10.9 Å². The Morgan fingerprint density at radius 2 is 2.44 bits per heavy atom. The van der Waals surface area contributed by atoms with Crippen LogP contribution in [0.1, 0.15) is 6.92 Å². The molecule has 0 saturated heterocycles. The van der Waals surface area contributed by atoms with Gasteiger partial charge in [0.2, 0.25) is 5.95 Å². The Balaban J connectivity index is 2.36. The third-order valence-electron chi connectivity index (χ3n) is 2.17. The molecule has 2 rings (SSSR count). The highest BCUT2D eigenvalue weighted by Crippen LogP contribution is 2.05. The molecule has 0 aliphatic carbocycles. The normalized spacial score (nSPS) is 11.1. The zero-order chi connectivity index (χ0) is 11.5. The number of imidazole rings is 1. The minimum Gasteiger partial charge on any atom is -0.380 e. The first kappa shape index (κ1) is 10.6. The van der Waals surface area contributed by atoms with Gasteiger partial charge in [0.15, 0.2) is 11.2 Å². The standard InChI is InChI=1S/C9H13N5O2/c1-2-16-4-3-14-5-11-6-7(14)12-9(10)13-8(6)15/h5H,2-4H2,1H3,(H3,10,12,13,15). The molecule has 0 saturated carbocycles. The van der Waals surface area contributed by atoms with Crippen molar-refractivity contribution in [2.75, 3.05) is 18.9 Å². The lowest BCUT2D eigenvalue weighted by Crippen LogP contribution is -2.13. The van der Waals surface area contributed by atoms with Crippen molar-refractivity contribution in [3.8, 4) is 0 Å². The van der Waals surface area contributed by atoms with Crippen LogP contribution in [0.5, 0.6) is 0 Å². The van der Waals surface area contributed by atoms with Gasteiger partial charge < -0.3 is 15.0 Å². The van der Waals surface area contributed by atoms with E-state index >= 15 is 0 Å². The van der Waals surface area contributed by atoms with Crippen molar-refractivity contribution in [1.29, 1.82) is 0 Å². The number of aromatic amines is 1. The van der Waals surface area contributed by atoms with E-state index in [9.17, 15) is 4.79 Å². The number of H-pyrrole nitrogens is 1. The van der Waals surface area contributed by atoms with Crippen molar-refractivity contribution in [1.82, 2.24) is 19.5 Å². The van der Waals surface area contributed by atoms with Gasteiger partial charge in [-0.1, -0.05) is 0 Å². The molecular formula is C9H13N5O2. The van der Waals surface area contributed by atoms with Gasteiger partial charge in [0, 0.05) is 13.2 Å². The molecule has 2 aromatic heterocycles. The SMILES string of the molecule is CCOCCn1cnc2c(=O)[nH]c(N)nc21. The van der Waals surface area contributed by atoms with E-state index in [4.69, 9.17) is 10.5 Å². The largest absolute Gasteiger partial charge is 0.380 e. The topological polar surface area (TPSA) is 98.8 Å². The van der Waals surface area contributed by atoms with Crippen LogP contribution in [0.4, 0.5) is 5.95 Å². The molecule has 0 fully saturated rings. The van der Waals surface area contributed by atoms with E-state index in [1.165, 1.54) is 0 Å². The van der Waals surface area contributed by atoms with Crippen LogP contribution in [0.15, 0.2) is 11.1 Å². The summed E-state index contributed by atoms with van der Waals surface area (Å²) in [6.07, 6.45) is 1.56. The Bertz CT molecular complexity index is 544. The summed E-state index contributed by atoms with van der Waals surface area (Å²) in [6.45, 7) is 3.73. The number of hydrogen-bond donors (Lipinski definition) is 2. The second-order valence-electron chi connectivity index (χ2n) is 3.26. The van der Waals surface area contributed by atoms with Crippen LogP contribution in [0.2, 0.25) is 0 Å². The van der Waals surface area contributed by atoms with E-state index in [0.717, 1.165) is 0 Å². The van der Waals surface area contributed by atoms with Crippen LogP contribution in [-0.4, -0.2) is 32.7 Å². The lowest BCUT2D eigenvalue weighted by atomic mass is 10.5. The number of nitrogens with one attached hydrogen (secondary N) is 1. The van der Waals surface area contributed by atoms with Gasteiger partial charge in [-0.2, -0.15) is 4.98 Å². The number of anilines is 1. The summed E-state index contributed by atoms with van der Waals surface area (Å²) >= 11 is 0. The van der Waals surface area contributed by atoms with Gasteiger partial charge in [-0.05, 0) is 6.92 Å². The molecule has 16 heavy (non-hydrogen) atoms. The first-order valence-corrected chi connectivity index (χ1v) is 5.00. The van der Waals surface area contributed by atoms with Gasteiger partial charge >= 0.3 is 0 Å². The monoisotopic (exact) mass is 223 g/mol. The van der Waals surface area contributed by atoms with E-state index in [-0.39, 0.29) is 11.5 Å². The summed E-state index contributed by atoms with van der Waals surface area (Å²) in [5.74, 6) is 0.0932. The summed E-state index contributed by atoms with van der Waals surface area (Å²) in [4.78, 5) is 21.9. The maximum atomic E-state index is 11.5. The molecule has 0 spiro atoms. The summed E-state index contributed by atoms with van der Waals surface area (Å²) < 4.78 is 6.97. The third kappa shape index (κ3) is 1.89. The lowest BCUT2D eigenvalue weighted by Gasteiger charge is -2.03. The first-order valence-electron chi connectivity index (χ1n) is 5.00. The summed E-state index contributed by atoms with van der Waals surface area (Å²) in [5.41, 5.74) is 5.93. The Kier molecular flexibility index (Phi) is 2.86. The fourth-order valence-electron chi connectivity index (χ4n) is 1.44. The summed E-state index contributed by atoms with van der Waals surface area (Å²) in [7, 11) is 0. The Morgan fingerprint density at radius 1 is 1.62 bits per heavy atom. The molecule has 0 unspecified atom stereocenters. The molecule has 0 bridgehead atoms. The Labute approximate surface area is 91.3 Å². The molecule has 3 N–H and O–H groups in total. The number of fused-ring (bicyclic) bond motifs is 1. The van der Waals surface area contributed by atoms with Gasteiger partial charge in [0.25, 0.3) is 5.56 Å². The fourth-order valence-corrected chi connectivity index (χ4v) is 1.44. The molecule has 86 valence electrons. The third-order valence-corrected chi connectivity index (χ3v) is 2.17. The Morgan fingerprint density at radius 3 is 3.19 bits per heavy atom. The van der Waals surface area contributed by atoms with Gasteiger partial charge in [-0.15, -0.1) is 0 Å². The molecule has 0 radical (unpaired) electrons. The van der Waals surface area contributed by atoms with Crippen LogP contribution >= 0.6 is 0 Å². The molecular weight excluding hydrogens is 210 g/mol. The van der Waals surface area contributed by atoms with Crippen molar-refractivity contribution >= 4 is 17.1 Å². The second-order valence-corrected chi connectivity index (χ2v) is 3.26. The van der Waals surface area contributed by atoms with E-state index in [2.05, 4.69) is 15.0 Å². The van der Waals surface area contributed by atoms with E-state index in [1.807, 2.05) is 6.92 Å². The number of rotatable bonds is 4. The number of aromatic nitrogens is 4. The number of nitrogen functional groups attached to an aromatic ring is 1. The van der Waals surface area contributed by atoms with Crippen LogP contribution in [0.3, 0.4) is 0 Å². The maximum absolute atomic E-state index is 11.5. The average Bonchev–Trinajstić information content (AvgIpc) is 2.62. The Hall–Kier alpha value is -1.89. The molecule has 0 amide bonds. The number of ether oxygens (including phenoxy) is 1. The molecule has 0 atom stereocenters. The van der Waals surface area contributed by atoms with E-state index in [0.29, 0.717) is 30.9 Å². The molecule has 0 aliphatic rings. The minimum atomic E-state index is -0.322. The summed E-state index contributed by atoms with van der Waals surface area (Å²) in [6, 6.07) is 0. The minimum absolute atomic E-state index is 0.0932. The molecule has 0 aliphatic heterocycles. The fraction of sp³-hybridized carbons (Fsp3) is 0.444. The van der Waals surface area contributed by atoms with Crippen molar-refractivity contribution in [2.24, 2.45) is 0 Å². The molecule has 7 heteroatoms. The molecule has 2 aromatic rings. The highest BCUT2D eigenvalue weighted by atomic mass is 16.5. The van der Waals surface area contributed by atoms with Crippen LogP contribution in [0.25, 0.3) is 11.2 Å². The lowest BCUT2D eigenvalue weighted by molar-refractivity contribution is 0.139. The van der Waals surface area contributed by atoms with Crippen molar-refractivity contribution in [3.05, 3.63) is 16.7 Å². The number of hydrogen-bond acceptors (Lipinski definition) is 5. The zero-order valence-corrected chi connectivity index (χ0v) is 8.93. The first-order chi connectivity index (χ1) is 7.72. The smallest absolute Gasteiger partial charge is 0.280 e. The molecule has 0 aromatic carbocycles. The predicted octanol–water partition coefficient (Wildman–Crippen LogP) is -0.262. The quantitative estimate of drug-likeness (QED) is 0.695. The maximum Gasteiger partial charge on any atom is 0.280 e. The predicted molar refractivity (Wildman–Crippen MR) is 59.1 cm³/mol. The van der Waals surface area contributed by atoms with Crippen LogP contribution < -0.4 is 11.3 Å². The highest BCUT2D eigenvalue weighted by Gasteiger charge is 2.08.